The van der Waals surface area contributed by atoms with Crippen LogP contribution in [0.3, 0.4) is 0 Å². The average molecular weight is 196 g/mol. The summed E-state index contributed by atoms with van der Waals surface area (Å²) in [5.74, 6) is 2.02. The van der Waals surface area contributed by atoms with Crippen LogP contribution in [0, 0.1) is 11.8 Å². The van der Waals surface area contributed by atoms with Gasteiger partial charge in [0.1, 0.15) is 0 Å². The van der Waals surface area contributed by atoms with Crippen LogP contribution in [-0.4, -0.2) is 50.1 Å². The minimum Gasteiger partial charge on any atom is -0.306 e. The van der Waals surface area contributed by atoms with Crippen molar-refractivity contribution in [2.45, 2.75) is 25.7 Å². The van der Waals surface area contributed by atoms with Crippen molar-refractivity contribution in [3.8, 4) is 0 Å². The van der Waals surface area contributed by atoms with E-state index in [0.29, 0.717) is 0 Å². The van der Waals surface area contributed by atoms with E-state index in [9.17, 15) is 0 Å². The Labute approximate surface area is 88.3 Å². The summed E-state index contributed by atoms with van der Waals surface area (Å²) in [5.41, 5.74) is 0. The summed E-state index contributed by atoms with van der Waals surface area (Å²) in [6.07, 6.45) is 5.79. The molecule has 0 bridgehead atoms. The first-order valence-corrected chi connectivity index (χ1v) is 6.13. The summed E-state index contributed by atoms with van der Waals surface area (Å²) in [5, 5.41) is 0. The first-order valence-electron chi connectivity index (χ1n) is 6.13. The second-order valence-corrected chi connectivity index (χ2v) is 5.31. The van der Waals surface area contributed by atoms with E-state index in [1.807, 2.05) is 0 Å². The molecular weight excluding hydrogens is 172 g/mol. The predicted octanol–water partition coefficient (Wildman–Crippen LogP) is 1.67. The van der Waals surface area contributed by atoms with Gasteiger partial charge in [0.2, 0.25) is 0 Å². The third kappa shape index (κ3) is 2.48. The van der Waals surface area contributed by atoms with Gasteiger partial charge in [-0.05, 0) is 71.2 Å². The van der Waals surface area contributed by atoms with Gasteiger partial charge in [-0.15, -0.1) is 0 Å². The van der Waals surface area contributed by atoms with Gasteiger partial charge < -0.3 is 9.80 Å². The van der Waals surface area contributed by atoms with E-state index < -0.39 is 0 Å². The highest BCUT2D eigenvalue weighted by Gasteiger charge is 2.27. The van der Waals surface area contributed by atoms with Gasteiger partial charge in [0.05, 0.1) is 0 Å². The maximum absolute atomic E-state index is 2.52. The van der Waals surface area contributed by atoms with Gasteiger partial charge in [-0.25, -0.2) is 0 Å². The molecule has 2 heterocycles. The number of hydrogen-bond donors (Lipinski definition) is 0. The predicted molar refractivity (Wildman–Crippen MR) is 60.4 cm³/mol. The molecule has 2 rings (SSSR count). The van der Waals surface area contributed by atoms with E-state index in [2.05, 4.69) is 23.9 Å². The second kappa shape index (κ2) is 4.63. The lowest BCUT2D eigenvalue weighted by Gasteiger charge is -2.39. The van der Waals surface area contributed by atoms with Crippen LogP contribution in [0.1, 0.15) is 25.7 Å². The third-order valence-corrected chi connectivity index (χ3v) is 4.09. The number of rotatable bonds is 1. The van der Waals surface area contributed by atoms with Crippen molar-refractivity contribution in [1.82, 2.24) is 9.80 Å². The van der Waals surface area contributed by atoms with Crippen LogP contribution < -0.4 is 0 Å². The fourth-order valence-corrected chi connectivity index (χ4v) is 3.09. The molecule has 0 saturated carbocycles. The maximum Gasteiger partial charge on any atom is 0.000928 e. The van der Waals surface area contributed by atoms with Gasteiger partial charge in [-0.1, -0.05) is 0 Å². The van der Waals surface area contributed by atoms with Gasteiger partial charge in [0, 0.05) is 6.54 Å². The molecule has 2 nitrogen and oxygen atoms in total. The molecule has 82 valence electrons. The van der Waals surface area contributed by atoms with Crippen LogP contribution >= 0.6 is 0 Å². The minimum atomic E-state index is 1.00. The molecule has 0 aromatic rings. The molecule has 2 fully saturated rings. The molecular formula is C12H24N2. The van der Waals surface area contributed by atoms with E-state index in [-0.39, 0.29) is 0 Å². The van der Waals surface area contributed by atoms with Crippen LogP contribution in [0.5, 0.6) is 0 Å². The monoisotopic (exact) mass is 196 g/mol. The highest BCUT2D eigenvalue weighted by Crippen LogP contribution is 2.30. The van der Waals surface area contributed by atoms with Gasteiger partial charge in [-0.2, -0.15) is 0 Å². The van der Waals surface area contributed by atoms with E-state index >= 15 is 0 Å². The van der Waals surface area contributed by atoms with Crippen LogP contribution in [0.2, 0.25) is 0 Å². The number of piperidine rings is 2. The zero-order valence-electron chi connectivity index (χ0n) is 9.71. The molecule has 0 N–H and O–H groups in total. The molecule has 0 radical (unpaired) electrons. The van der Waals surface area contributed by atoms with Gasteiger partial charge >= 0.3 is 0 Å². The Morgan fingerprint density at radius 1 is 0.786 bits per heavy atom. The number of nitrogens with zero attached hydrogens (tertiary/aromatic N) is 2. The summed E-state index contributed by atoms with van der Waals surface area (Å²) < 4.78 is 0. The Kier molecular flexibility index (Phi) is 3.45. The van der Waals surface area contributed by atoms with Crippen molar-refractivity contribution in [1.29, 1.82) is 0 Å². The Morgan fingerprint density at radius 2 is 1.50 bits per heavy atom. The molecule has 0 spiro atoms. The Morgan fingerprint density at radius 3 is 2.14 bits per heavy atom. The molecule has 0 aromatic carbocycles. The van der Waals surface area contributed by atoms with Crippen LogP contribution in [0.4, 0.5) is 0 Å². The normalized spacial score (nSPS) is 33.4. The lowest BCUT2D eigenvalue weighted by atomic mass is 9.80. The van der Waals surface area contributed by atoms with E-state index in [1.54, 1.807) is 0 Å². The van der Waals surface area contributed by atoms with Crippen LogP contribution in [-0.2, 0) is 0 Å². The first-order chi connectivity index (χ1) is 6.75. The zero-order chi connectivity index (χ0) is 9.97. The van der Waals surface area contributed by atoms with Gasteiger partial charge in [-0.3, -0.25) is 0 Å². The van der Waals surface area contributed by atoms with Crippen molar-refractivity contribution in [2.75, 3.05) is 40.3 Å². The van der Waals surface area contributed by atoms with E-state index in [4.69, 9.17) is 0 Å². The van der Waals surface area contributed by atoms with Gasteiger partial charge in [0.15, 0.2) is 0 Å². The molecule has 2 aliphatic heterocycles. The average Bonchev–Trinajstić information content (AvgIpc) is 2.19. The van der Waals surface area contributed by atoms with Crippen LogP contribution in [0.15, 0.2) is 0 Å². The number of hydrogen-bond acceptors (Lipinski definition) is 2. The summed E-state index contributed by atoms with van der Waals surface area (Å²) >= 11 is 0. The second-order valence-electron chi connectivity index (χ2n) is 5.31. The largest absolute Gasteiger partial charge is 0.306 e. The van der Waals surface area contributed by atoms with Crippen molar-refractivity contribution >= 4 is 0 Å². The zero-order valence-corrected chi connectivity index (χ0v) is 9.71. The highest BCUT2D eigenvalue weighted by atomic mass is 15.1. The third-order valence-electron chi connectivity index (χ3n) is 4.09. The number of likely N-dealkylation sites (tertiary alicyclic amines) is 2. The molecule has 2 saturated heterocycles. The molecule has 2 heteroatoms. The summed E-state index contributed by atoms with van der Waals surface area (Å²) in [6.45, 7) is 5.33. The summed E-state index contributed by atoms with van der Waals surface area (Å²) in [7, 11) is 4.53. The quantitative estimate of drug-likeness (QED) is 0.629. The molecule has 1 unspecified atom stereocenters. The fraction of sp³-hybridized carbons (Fsp3) is 1.00. The summed E-state index contributed by atoms with van der Waals surface area (Å²) in [4.78, 5) is 5.00. The van der Waals surface area contributed by atoms with Crippen LogP contribution in [0.25, 0.3) is 0 Å². The maximum atomic E-state index is 2.52. The minimum absolute atomic E-state index is 1.00. The Hall–Kier alpha value is -0.0800. The van der Waals surface area contributed by atoms with Gasteiger partial charge in [0.25, 0.3) is 0 Å². The highest BCUT2D eigenvalue weighted by molar-refractivity contribution is 4.81. The summed E-state index contributed by atoms with van der Waals surface area (Å²) in [6, 6.07) is 0. The molecule has 2 aliphatic rings. The van der Waals surface area contributed by atoms with Crippen molar-refractivity contribution in [3.05, 3.63) is 0 Å². The SMILES string of the molecule is CN1CCC(C2CCCN(C)C2)CC1. The van der Waals surface area contributed by atoms with Crippen molar-refractivity contribution < 1.29 is 0 Å². The standard InChI is InChI=1S/C12H24N2/c1-13-8-5-11(6-9-13)12-4-3-7-14(2)10-12/h11-12H,3-10H2,1-2H3. The smallest absolute Gasteiger partial charge is 0.000928 e. The topological polar surface area (TPSA) is 6.48 Å². The molecule has 14 heavy (non-hydrogen) atoms. The van der Waals surface area contributed by atoms with E-state index in [1.165, 1.54) is 51.9 Å². The Bertz CT molecular complexity index is 173. The van der Waals surface area contributed by atoms with Crippen molar-refractivity contribution in [3.63, 3.8) is 0 Å². The molecule has 0 amide bonds. The van der Waals surface area contributed by atoms with Crippen molar-refractivity contribution in [2.24, 2.45) is 11.8 Å². The first kappa shape index (κ1) is 10.4. The molecule has 0 aliphatic carbocycles. The lowest BCUT2D eigenvalue weighted by molar-refractivity contribution is 0.109. The molecule has 1 atom stereocenters. The fourth-order valence-electron chi connectivity index (χ4n) is 3.09. The molecule has 0 aromatic heterocycles. The Balaban J connectivity index is 1.82. The lowest BCUT2D eigenvalue weighted by Crippen LogP contribution is -2.40. The van der Waals surface area contributed by atoms with E-state index in [0.717, 1.165) is 11.8 Å².